The second-order valence-electron chi connectivity index (χ2n) is 6.35. The molecular weight excluding hydrogens is 414 g/mol. The molecule has 4 rings (SSSR count). The molecule has 0 unspecified atom stereocenters. The summed E-state index contributed by atoms with van der Waals surface area (Å²) in [5.74, 6) is -0.111. The lowest BCUT2D eigenvalue weighted by molar-refractivity contribution is -0.384. The maximum absolute atomic E-state index is 13.0. The number of ether oxygens (including phenoxy) is 1. The minimum atomic E-state index is -0.452. The van der Waals surface area contributed by atoms with Gasteiger partial charge in [-0.2, -0.15) is 0 Å². The SMILES string of the molecule is O=C(c1c[nH]c2cc([N+](=O)[O-])ccc12)N1CCO[C@H](c2ccc(Br)cc2)C1. The van der Waals surface area contributed by atoms with Crippen molar-refractivity contribution >= 4 is 38.4 Å². The number of nitro groups is 1. The number of aromatic nitrogens is 1. The van der Waals surface area contributed by atoms with Crippen LogP contribution in [-0.2, 0) is 4.74 Å². The third-order valence-corrected chi connectivity index (χ3v) is 5.23. The number of carbonyl (C=O) groups is 1. The number of non-ortho nitro benzene ring substituents is 1. The van der Waals surface area contributed by atoms with Crippen LogP contribution in [0.3, 0.4) is 0 Å². The highest BCUT2D eigenvalue weighted by Gasteiger charge is 2.27. The molecule has 1 aromatic heterocycles. The van der Waals surface area contributed by atoms with Crippen LogP contribution in [0.2, 0.25) is 0 Å². The summed E-state index contributed by atoms with van der Waals surface area (Å²) in [7, 11) is 0. The quantitative estimate of drug-likeness (QED) is 0.502. The number of amides is 1. The number of fused-ring (bicyclic) bond motifs is 1. The molecule has 1 atom stereocenters. The van der Waals surface area contributed by atoms with Crippen LogP contribution in [0.5, 0.6) is 0 Å². The number of hydrogen-bond acceptors (Lipinski definition) is 4. The highest BCUT2D eigenvalue weighted by Crippen LogP contribution is 2.28. The van der Waals surface area contributed by atoms with Gasteiger partial charge in [-0.05, 0) is 23.8 Å². The Morgan fingerprint density at radius 1 is 1.26 bits per heavy atom. The number of rotatable bonds is 3. The molecule has 7 nitrogen and oxygen atoms in total. The van der Waals surface area contributed by atoms with Gasteiger partial charge in [-0.15, -0.1) is 0 Å². The van der Waals surface area contributed by atoms with Gasteiger partial charge in [0, 0.05) is 34.7 Å². The number of hydrogen-bond donors (Lipinski definition) is 1. The Hall–Kier alpha value is -2.71. The monoisotopic (exact) mass is 429 g/mol. The van der Waals surface area contributed by atoms with Crippen molar-refractivity contribution in [3.05, 3.63) is 74.4 Å². The van der Waals surface area contributed by atoms with Crippen molar-refractivity contribution in [3.63, 3.8) is 0 Å². The van der Waals surface area contributed by atoms with Gasteiger partial charge in [-0.25, -0.2) is 0 Å². The summed E-state index contributed by atoms with van der Waals surface area (Å²) >= 11 is 3.42. The summed E-state index contributed by atoms with van der Waals surface area (Å²) in [6, 6.07) is 12.3. The number of nitrogens with one attached hydrogen (secondary N) is 1. The van der Waals surface area contributed by atoms with Gasteiger partial charge in [0.05, 0.1) is 29.2 Å². The Balaban J connectivity index is 1.58. The summed E-state index contributed by atoms with van der Waals surface area (Å²) in [4.78, 5) is 28.2. The first-order valence-electron chi connectivity index (χ1n) is 8.45. The second kappa shape index (κ2) is 7.13. The van der Waals surface area contributed by atoms with Gasteiger partial charge in [0.1, 0.15) is 6.10 Å². The van der Waals surface area contributed by atoms with E-state index >= 15 is 0 Å². The van der Waals surface area contributed by atoms with E-state index in [1.807, 2.05) is 24.3 Å². The van der Waals surface area contributed by atoms with Crippen LogP contribution in [0, 0.1) is 10.1 Å². The molecule has 2 heterocycles. The van der Waals surface area contributed by atoms with Crippen LogP contribution in [-0.4, -0.2) is 40.4 Å². The lowest BCUT2D eigenvalue weighted by Gasteiger charge is -2.33. The van der Waals surface area contributed by atoms with Gasteiger partial charge >= 0.3 is 0 Å². The molecule has 138 valence electrons. The molecule has 0 spiro atoms. The summed E-state index contributed by atoms with van der Waals surface area (Å²) in [6.07, 6.45) is 1.43. The van der Waals surface area contributed by atoms with Crippen LogP contribution in [0.25, 0.3) is 10.9 Å². The van der Waals surface area contributed by atoms with Crippen LogP contribution < -0.4 is 0 Å². The van der Waals surface area contributed by atoms with E-state index in [0.717, 1.165) is 10.0 Å². The maximum Gasteiger partial charge on any atom is 0.271 e. The number of nitrogens with zero attached hydrogens (tertiary/aromatic N) is 2. The predicted molar refractivity (Wildman–Crippen MR) is 104 cm³/mol. The Morgan fingerprint density at radius 3 is 2.78 bits per heavy atom. The van der Waals surface area contributed by atoms with Crippen LogP contribution in [0.4, 0.5) is 5.69 Å². The Bertz CT molecular complexity index is 1020. The van der Waals surface area contributed by atoms with Crippen molar-refractivity contribution in [2.24, 2.45) is 0 Å². The average molecular weight is 430 g/mol. The minimum absolute atomic E-state index is 0.00924. The van der Waals surface area contributed by atoms with Crippen molar-refractivity contribution < 1.29 is 14.5 Å². The summed E-state index contributed by atoms with van der Waals surface area (Å²) in [6.45, 7) is 1.42. The molecule has 8 heteroatoms. The van der Waals surface area contributed by atoms with Gasteiger partial charge in [0.2, 0.25) is 0 Å². The van der Waals surface area contributed by atoms with Gasteiger partial charge in [0.15, 0.2) is 0 Å². The number of H-pyrrole nitrogens is 1. The average Bonchev–Trinajstić information content (AvgIpc) is 3.11. The molecular formula is C19H16BrN3O4. The first kappa shape index (κ1) is 17.7. The molecule has 1 aliphatic rings. The first-order chi connectivity index (χ1) is 13.0. The molecule has 27 heavy (non-hydrogen) atoms. The molecule has 1 aliphatic heterocycles. The maximum atomic E-state index is 13.0. The fourth-order valence-electron chi connectivity index (χ4n) is 3.29. The lowest BCUT2D eigenvalue weighted by Crippen LogP contribution is -2.42. The standard InChI is InChI=1S/C19H16BrN3O4/c20-13-3-1-12(2-4-13)18-11-22(7-8-27-18)19(24)16-10-21-17-9-14(23(25)26)5-6-15(16)17/h1-6,9-10,18,21H,7-8,11H2/t18-/m0/s1. The summed E-state index contributed by atoms with van der Waals surface area (Å²) < 4.78 is 6.83. The Kier molecular flexibility index (Phi) is 4.67. The molecule has 1 saturated heterocycles. The van der Waals surface area contributed by atoms with E-state index in [2.05, 4.69) is 20.9 Å². The third kappa shape index (κ3) is 3.45. The van der Waals surface area contributed by atoms with Crippen LogP contribution in [0.15, 0.2) is 53.1 Å². The van der Waals surface area contributed by atoms with Crippen LogP contribution >= 0.6 is 15.9 Å². The Morgan fingerprint density at radius 2 is 2.04 bits per heavy atom. The van der Waals surface area contributed by atoms with Crippen molar-refractivity contribution in [3.8, 4) is 0 Å². The van der Waals surface area contributed by atoms with Gasteiger partial charge in [-0.1, -0.05) is 28.1 Å². The minimum Gasteiger partial charge on any atom is -0.370 e. The molecule has 3 aromatic rings. The topological polar surface area (TPSA) is 88.5 Å². The zero-order chi connectivity index (χ0) is 19.0. The first-order valence-corrected chi connectivity index (χ1v) is 9.24. The zero-order valence-corrected chi connectivity index (χ0v) is 15.8. The number of nitro benzene ring substituents is 1. The molecule has 0 bridgehead atoms. The fraction of sp³-hybridized carbons (Fsp3) is 0.211. The van der Waals surface area contributed by atoms with Crippen LogP contribution in [0.1, 0.15) is 22.0 Å². The normalized spacial score (nSPS) is 17.2. The molecule has 0 radical (unpaired) electrons. The fourth-order valence-corrected chi connectivity index (χ4v) is 3.55. The van der Waals surface area contributed by atoms with E-state index in [1.165, 1.54) is 12.1 Å². The van der Waals surface area contributed by atoms with Crippen molar-refractivity contribution in [2.45, 2.75) is 6.10 Å². The van der Waals surface area contributed by atoms with Gasteiger partial charge in [0.25, 0.3) is 11.6 Å². The summed E-state index contributed by atoms with van der Waals surface area (Å²) in [5, 5.41) is 11.6. The highest BCUT2D eigenvalue weighted by molar-refractivity contribution is 9.10. The van der Waals surface area contributed by atoms with E-state index in [0.29, 0.717) is 36.2 Å². The lowest BCUT2D eigenvalue weighted by atomic mass is 10.1. The largest absolute Gasteiger partial charge is 0.370 e. The predicted octanol–water partition coefficient (Wildman–Crippen LogP) is 4.05. The number of halogens is 1. The molecule has 1 N–H and O–H groups in total. The molecule has 1 amide bonds. The van der Waals surface area contributed by atoms with Gasteiger partial charge in [-0.3, -0.25) is 14.9 Å². The Labute approximate surface area is 163 Å². The van der Waals surface area contributed by atoms with Gasteiger partial charge < -0.3 is 14.6 Å². The van der Waals surface area contributed by atoms with E-state index in [-0.39, 0.29) is 17.7 Å². The zero-order valence-electron chi connectivity index (χ0n) is 14.2. The van der Waals surface area contributed by atoms with Crippen molar-refractivity contribution in [2.75, 3.05) is 19.7 Å². The van der Waals surface area contributed by atoms with Crippen molar-refractivity contribution in [1.29, 1.82) is 0 Å². The molecule has 0 saturated carbocycles. The smallest absolute Gasteiger partial charge is 0.271 e. The number of benzene rings is 2. The molecule has 2 aromatic carbocycles. The number of carbonyl (C=O) groups excluding carboxylic acids is 1. The molecule has 0 aliphatic carbocycles. The molecule has 1 fully saturated rings. The van der Waals surface area contributed by atoms with Crippen molar-refractivity contribution in [1.82, 2.24) is 9.88 Å². The second-order valence-corrected chi connectivity index (χ2v) is 7.27. The third-order valence-electron chi connectivity index (χ3n) is 4.70. The number of morpholine rings is 1. The van der Waals surface area contributed by atoms with E-state index in [1.54, 1.807) is 17.2 Å². The van der Waals surface area contributed by atoms with E-state index in [9.17, 15) is 14.9 Å². The number of aromatic amines is 1. The van der Waals surface area contributed by atoms with E-state index < -0.39 is 4.92 Å². The highest BCUT2D eigenvalue weighted by atomic mass is 79.9. The van der Waals surface area contributed by atoms with E-state index in [4.69, 9.17) is 4.74 Å². The summed E-state index contributed by atoms with van der Waals surface area (Å²) in [5.41, 5.74) is 2.09.